The Balaban J connectivity index is 2.82. The molecule has 0 radical (unpaired) electrons. The van der Waals surface area contributed by atoms with E-state index in [1.54, 1.807) is 0 Å². The van der Waals surface area contributed by atoms with Crippen LogP contribution in [0.15, 0.2) is 6.07 Å². The summed E-state index contributed by atoms with van der Waals surface area (Å²) >= 11 is 3.43. The third-order valence-corrected chi connectivity index (χ3v) is 4.47. The molecular weight excluding hydrogens is 351 g/mol. The SMILES string of the molecule is CCC(CC)C(Br)CNC(=O)c1cc(F)c(F)c(O)c1F. The van der Waals surface area contributed by atoms with E-state index in [9.17, 15) is 18.0 Å². The van der Waals surface area contributed by atoms with Crippen molar-refractivity contribution in [2.45, 2.75) is 31.5 Å². The Kier molecular flexibility index (Phi) is 6.51. The normalized spacial score (nSPS) is 12.5. The van der Waals surface area contributed by atoms with E-state index in [-0.39, 0.29) is 11.4 Å². The van der Waals surface area contributed by atoms with Crippen LogP contribution in [0.25, 0.3) is 0 Å². The van der Waals surface area contributed by atoms with E-state index < -0.39 is 34.7 Å². The lowest BCUT2D eigenvalue weighted by atomic mass is 9.99. The predicted octanol–water partition coefficient (Wildman–Crippen LogP) is 3.74. The Morgan fingerprint density at radius 3 is 2.38 bits per heavy atom. The Morgan fingerprint density at radius 2 is 1.86 bits per heavy atom. The molecular formula is C14H17BrF3NO2. The summed E-state index contributed by atoms with van der Waals surface area (Å²) in [7, 11) is 0. The summed E-state index contributed by atoms with van der Waals surface area (Å²) in [5, 5.41) is 11.5. The number of nitrogens with one attached hydrogen (secondary N) is 1. The van der Waals surface area contributed by atoms with Gasteiger partial charge in [-0.3, -0.25) is 4.79 Å². The lowest BCUT2D eigenvalue weighted by molar-refractivity contribution is 0.0946. The van der Waals surface area contributed by atoms with Crippen LogP contribution in [-0.2, 0) is 0 Å². The molecule has 7 heteroatoms. The van der Waals surface area contributed by atoms with E-state index >= 15 is 0 Å². The number of phenols is 1. The fourth-order valence-corrected chi connectivity index (χ4v) is 2.92. The van der Waals surface area contributed by atoms with Crippen LogP contribution in [0.5, 0.6) is 5.75 Å². The zero-order valence-electron chi connectivity index (χ0n) is 11.7. The third kappa shape index (κ3) is 4.12. The van der Waals surface area contributed by atoms with Crippen LogP contribution in [0.4, 0.5) is 13.2 Å². The average molecular weight is 368 g/mol. The largest absolute Gasteiger partial charge is 0.503 e. The van der Waals surface area contributed by atoms with Crippen molar-refractivity contribution in [2.75, 3.05) is 6.54 Å². The maximum Gasteiger partial charge on any atom is 0.254 e. The first kappa shape index (κ1) is 17.8. The molecule has 118 valence electrons. The minimum atomic E-state index is -1.71. The Bertz CT molecular complexity index is 521. The van der Waals surface area contributed by atoms with Crippen LogP contribution in [0.3, 0.4) is 0 Å². The second kappa shape index (κ2) is 7.68. The van der Waals surface area contributed by atoms with Gasteiger partial charge in [0.15, 0.2) is 17.4 Å². The van der Waals surface area contributed by atoms with Crippen molar-refractivity contribution in [1.29, 1.82) is 0 Å². The van der Waals surface area contributed by atoms with Gasteiger partial charge in [-0.05, 0) is 12.0 Å². The van der Waals surface area contributed by atoms with Crippen LogP contribution in [-0.4, -0.2) is 22.4 Å². The smallest absolute Gasteiger partial charge is 0.254 e. The molecule has 1 amide bonds. The molecule has 1 unspecified atom stereocenters. The van der Waals surface area contributed by atoms with Gasteiger partial charge in [0.25, 0.3) is 5.91 Å². The van der Waals surface area contributed by atoms with Crippen molar-refractivity contribution in [3.63, 3.8) is 0 Å². The van der Waals surface area contributed by atoms with Crippen molar-refractivity contribution < 1.29 is 23.1 Å². The van der Waals surface area contributed by atoms with Crippen LogP contribution < -0.4 is 5.32 Å². The molecule has 0 spiro atoms. The number of benzene rings is 1. The molecule has 1 aromatic rings. The van der Waals surface area contributed by atoms with Crippen molar-refractivity contribution in [1.82, 2.24) is 5.32 Å². The number of halogens is 4. The molecule has 0 aliphatic rings. The molecule has 0 aliphatic carbocycles. The summed E-state index contributed by atoms with van der Waals surface area (Å²) in [4.78, 5) is 11.8. The first-order chi connectivity index (χ1) is 9.83. The molecule has 1 rings (SSSR count). The summed E-state index contributed by atoms with van der Waals surface area (Å²) in [6.07, 6.45) is 1.81. The lowest BCUT2D eigenvalue weighted by Gasteiger charge is -2.20. The highest BCUT2D eigenvalue weighted by molar-refractivity contribution is 9.09. The first-order valence-corrected chi connectivity index (χ1v) is 7.53. The number of amides is 1. The Labute approximate surface area is 129 Å². The molecule has 0 bridgehead atoms. The third-order valence-electron chi connectivity index (χ3n) is 3.40. The second-order valence-corrected chi connectivity index (χ2v) is 5.86. The molecule has 0 heterocycles. The molecule has 0 aliphatic heterocycles. The van der Waals surface area contributed by atoms with Crippen LogP contribution in [0.2, 0.25) is 0 Å². The highest BCUT2D eigenvalue weighted by Gasteiger charge is 2.23. The number of carbonyl (C=O) groups is 1. The number of hydrogen-bond donors (Lipinski definition) is 2. The molecule has 0 saturated carbocycles. The minimum absolute atomic E-state index is 0.0154. The van der Waals surface area contributed by atoms with Gasteiger partial charge in [-0.1, -0.05) is 42.6 Å². The van der Waals surface area contributed by atoms with Gasteiger partial charge < -0.3 is 10.4 Å². The molecule has 0 aromatic heterocycles. The van der Waals surface area contributed by atoms with Gasteiger partial charge in [-0.15, -0.1) is 0 Å². The van der Waals surface area contributed by atoms with E-state index in [4.69, 9.17) is 5.11 Å². The molecule has 1 aromatic carbocycles. The fraction of sp³-hybridized carbons (Fsp3) is 0.500. The molecule has 21 heavy (non-hydrogen) atoms. The standard InChI is InChI=1S/C14H17BrF3NO2/c1-3-7(4-2)9(15)6-19-14(21)8-5-10(16)12(18)13(20)11(8)17/h5,7,9,20H,3-4,6H2,1-2H3,(H,19,21). The van der Waals surface area contributed by atoms with Crippen LogP contribution in [0.1, 0.15) is 37.0 Å². The zero-order chi connectivity index (χ0) is 16.2. The van der Waals surface area contributed by atoms with Gasteiger partial charge >= 0.3 is 0 Å². The summed E-state index contributed by atoms with van der Waals surface area (Å²) < 4.78 is 39.6. The maximum atomic E-state index is 13.6. The van der Waals surface area contributed by atoms with E-state index in [2.05, 4.69) is 21.2 Å². The van der Waals surface area contributed by atoms with Gasteiger partial charge in [-0.25, -0.2) is 8.78 Å². The minimum Gasteiger partial charge on any atom is -0.503 e. The second-order valence-electron chi connectivity index (χ2n) is 4.69. The van der Waals surface area contributed by atoms with Crippen molar-refractivity contribution in [3.05, 3.63) is 29.1 Å². The van der Waals surface area contributed by atoms with E-state index in [1.165, 1.54) is 0 Å². The van der Waals surface area contributed by atoms with Gasteiger partial charge in [0.1, 0.15) is 0 Å². The Morgan fingerprint density at radius 1 is 1.29 bits per heavy atom. The van der Waals surface area contributed by atoms with Crippen molar-refractivity contribution >= 4 is 21.8 Å². The monoisotopic (exact) mass is 367 g/mol. The summed E-state index contributed by atoms with van der Waals surface area (Å²) in [5.74, 6) is -6.73. The summed E-state index contributed by atoms with van der Waals surface area (Å²) in [5.41, 5.74) is -0.726. The fourth-order valence-electron chi connectivity index (χ4n) is 2.01. The van der Waals surface area contributed by atoms with E-state index in [0.717, 1.165) is 12.8 Å². The van der Waals surface area contributed by atoms with Gasteiger partial charge in [0.05, 0.1) is 5.56 Å². The van der Waals surface area contributed by atoms with Crippen LogP contribution in [0, 0.1) is 23.4 Å². The molecule has 2 N–H and O–H groups in total. The molecule has 0 saturated heterocycles. The lowest BCUT2D eigenvalue weighted by Crippen LogP contribution is -2.33. The van der Waals surface area contributed by atoms with Gasteiger partial charge in [-0.2, -0.15) is 4.39 Å². The highest BCUT2D eigenvalue weighted by Crippen LogP contribution is 2.26. The maximum absolute atomic E-state index is 13.6. The van der Waals surface area contributed by atoms with Gasteiger partial charge in [0, 0.05) is 11.4 Å². The zero-order valence-corrected chi connectivity index (χ0v) is 13.3. The molecule has 1 atom stereocenters. The quantitative estimate of drug-likeness (QED) is 0.594. The number of phenolic OH excluding ortho intramolecular Hbond substituents is 1. The topological polar surface area (TPSA) is 49.3 Å². The van der Waals surface area contributed by atoms with Crippen molar-refractivity contribution in [2.24, 2.45) is 5.92 Å². The number of rotatable bonds is 6. The predicted molar refractivity (Wildman–Crippen MR) is 77.1 cm³/mol. The summed E-state index contributed by atoms with van der Waals surface area (Å²) in [6, 6.07) is 0.431. The van der Waals surface area contributed by atoms with Crippen molar-refractivity contribution in [3.8, 4) is 5.75 Å². The molecule has 3 nitrogen and oxygen atoms in total. The van der Waals surface area contributed by atoms with E-state index in [0.29, 0.717) is 12.0 Å². The number of aromatic hydroxyl groups is 1. The average Bonchev–Trinajstić information content (AvgIpc) is 2.47. The first-order valence-electron chi connectivity index (χ1n) is 6.62. The Hall–Kier alpha value is -1.24. The van der Waals surface area contributed by atoms with E-state index in [1.807, 2.05) is 13.8 Å². The summed E-state index contributed by atoms with van der Waals surface area (Å²) in [6.45, 7) is 4.24. The van der Waals surface area contributed by atoms with Crippen LogP contribution >= 0.6 is 15.9 Å². The van der Waals surface area contributed by atoms with Gasteiger partial charge in [0.2, 0.25) is 5.82 Å². The highest BCUT2D eigenvalue weighted by atomic mass is 79.9. The number of carbonyl (C=O) groups excluding carboxylic acids is 1. The number of hydrogen-bond acceptors (Lipinski definition) is 2. The number of alkyl halides is 1. The molecule has 0 fully saturated rings.